The fourth-order valence-electron chi connectivity index (χ4n) is 2.60. The van der Waals surface area contributed by atoms with E-state index in [0.29, 0.717) is 13.2 Å². The first-order chi connectivity index (χ1) is 12.7. The zero-order chi connectivity index (χ0) is 18.6. The lowest BCUT2D eigenvalue weighted by Crippen LogP contribution is -2.15. The van der Waals surface area contributed by atoms with E-state index in [4.69, 9.17) is 9.47 Å². The zero-order valence-electron chi connectivity index (χ0n) is 15.3. The molecule has 138 valence electrons. The van der Waals surface area contributed by atoms with E-state index in [1.807, 2.05) is 30.3 Å². The molecule has 0 heterocycles. The van der Waals surface area contributed by atoms with Crippen molar-refractivity contribution in [2.45, 2.75) is 39.0 Å². The Labute approximate surface area is 155 Å². The number of carbonyl (C=O) groups excluding carboxylic acids is 2. The van der Waals surface area contributed by atoms with Crippen molar-refractivity contribution < 1.29 is 19.1 Å². The van der Waals surface area contributed by atoms with Crippen LogP contribution in [0, 0.1) is 0 Å². The fraction of sp³-hybridized carbons (Fsp3) is 0.364. The first kappa shape index (κ1) is 19.7. The van der Waals surface area contributed by atoms with Gasteiger partial charge < -0.3 is 9.47 Å². The van der Waals surface area contributed by atoms with E-state index in [1.54, 1.807) is 24.3 Å². The predicted octanol–water partition coefficient (Wildman–Crippen LogP) is 4.82. The van der Waals surface area contributed by atoms with Crippen molar-refractivity contribution in [3.63, 3.8) is 0 Å². The first-order valence-corrected chi connectivity index (χ1v) is 9.19. The normalized spacial score (nSPS) is 10.3. The van der Waals surface area contributed by atoms with Crippen molar-refractivity contribution in [3.05, 3.63) is 71.3 Å². The van der Waals surface area contributed by atoms with E-state index < -0.39 is 11.9 Å². The molecule has 0 fully saturated rings. The van der Waals surface area contributed by atoms with Gasteiger partial charge in [-0.1, -0.05) is 62.2 Å². The van der Waals surface area contributed by atoms with Crippen molar-refractivity contribution in [2.24, 2.45) is 0 Å². The van der Waals surface area contributed by atoms with Gasteiger partial charge in [-0.2, -0.15) is 0 Å². The van der Waals surface area contributed by atoms with Gasteiger partial charge >= 0.3 is 11.9 Å². The van der Waals surface area contributed by atoms with E-state index in [2.05, 4.69) is 6.92 Å². The Kier molecular flexibility index (Phi) is 8.40. The molecule has 0 radical (unpaired) electrons. The van der Waals surface area contributed by atoms with Crippen LogP contribution in [-0.4, -0.2) is 25.2 Å². The van der Waals surface area contributed by atoms with Crippen LogP contribution in [0.5, 0.6) is 0 Å². The summed E-state index contributed by atoms with van der Waals surface area (Å²) in [4.78, 5) is 24.5. The summed E-state index contributed by atoms with van der Waals surface area (Å²) in [5.41, 5.74) is 1.73. The molecular formula is C22H26O4. The Balaban J connectivity index is 1.85. The summed E-state index contributed by atoms with van der Waals surface area (Å²) in [5, 5.41) is 0. The summed E-state index contributed by atoms with van der Waals surface area (Å²) < 4.78 is 10.6. The Bertz CT molecular complexity index is 694. The Morgan fingerprint density at radius 1 is 0.731 bits per heavy atom. The smallest absolute Gasteiger partial charge is 0.339 e. The van der Waals surface area contributed by atoms with Crippen LogP contribution in [0.3, 0.4) is 0 Å². The average Bonchev–Trinajstić information content (AvgIpc) is 2.69. The molecule has 4 nitrogen and oxygen atoms in total. The topological polar surface area (TPSA) is 52.6 Å². The van der Waals surface area contributed by atoms with Gasteiger partial charge in [0.05, 0.1) is 24.3 Å². The Morgan fingerprint density at radius 3 is 1.85 bits per heavy atom. The van der Waals surface area contributed by atoms with Crippen LogP contribution in [0.2, 0.25) is 0 Å². The minimum Gasteiger partial charge on any atom is -0.462 e. The lowest BCUT2D eigenvalue weighted by atomic mass is 10.1. The molecule has 2 aromatic carbocycles. The molecule has 2 aromatic rings. The molecule has 0 amide bonds. The summed E-state index contributed by atoms with van der Waals surface area (Å²) in [6, 6.07) is 16.7. The highest BCUT2D eigenvalue weighted by Gasteiger charge is 2.18. The van der Waals surface area contributed by atoms with Gasteiger partial charge in [-0.15, -0.1) is 0 Å². The minimum atomic E-state index is -0.487. The number of rotatable bonds is 10. The monoisotopic (exact) mass is 354 g/mol. The molecule has 0 saturated heterocycles. The number of carbonyl (C=O) groups is 2. The highest BCUT2D eigenvalue weighted by atomic mass is 16.5. The standard InChI is InChI=1S/C22H26O4/c1-2-3-9-16-25-21(23)19-14-7-8-15-20(19)22(24)26-17-10-13-18-11-5-4-6-12-18/h4-8,11-12,14-15H,2-3,9-10,13,16-17H2,1H3. The molecule has 0 aliphatic carbocycles. The summed E-state index contributed by atoms with van der Waals surface area (Å²) in [5.74, 6) is -0.961. The first-order valence-electron chi connectivity index (χ1n) is 9.19. The quantitative estimate of drug-likeness (QED) is 0.453. The van der Waals surface area contributed by atoms with Gasteiger partial charge in [-0.3, -0.25) is 0 Å². The van der Waals surface area contributed by atoms with Crippen LogP contribution in [0.4, 0.5) is 0 Å². The second-order valence-electron chi connectivity index (χ2n) is 6.11. The maximum Gasteiger partial charge on any atom is 0.339 e. The van der Waals surface area contributed by atoms with Gasteiger partial charge in [0.25, 0.3) is 0 Å². The number of hydrogen-bond donors (Lipinski definition) is 0. The molecule has 0 aliphatic rings. The van der Waals surface area contributed by atoms with Crippen LogP contribution in [0.15, 0.2) is 54.6 Å². The largest absolute Gasteiger partial charge is 0.462 e. The average molecular weight is 354 g/mol. The summed E-state index contributed by atoms with van der Waals surface area (Å²) >= 11 is 0. The van der Waals surface area contributed by atoms with Crippen LogP contribution < -0.4 is 0 Å². The lowest BCUT2D eigenvalue weighted by molar-refractivity contribution is 0.0452. The van der Waals surface area contributed by atoms with Crippen molar-refractivity contribution in [3.8, 4) is 0 Å². The third-order valence-electron chi connectivity index (χ3n) is 4.03. The molecule has 4 heteroatoms. The summed E-state index contributed by atoms with van der Waals surface area (Å²) in [6.45, 7) is 2.77. The van der Waals surface area contributed by atoms with Crippen LogP contribution in [0.1, 0.15) is 58.9 Å². The molecule has 2 rings (SSSR count). The van der Waals surface area contributed by atoms with Gasteiger partial charge in [-0.25, -0.2) is 9.59 Å². The van der Waals surface area contributed by atoms with Gasteiger partial charge in [0.15, 0.2) is 0 Å². The third-order valence-corrected chi connectivity index (χ3v) is 4.03. The highest BCUT2D eigenvalue weighted by molar-refractivity contribution is 6.03. The zero-order valence-corrected chi connectivity index (χ0v) is 15.3. The molecule has 0 aromatic heterocycles. The molecule has 0 spiro atoms. The molecule has 0 aliphatic heterocycles. The molecule has 0 N–H and O–H groups in total. The predicted molar refractivity (Wildman–Crippen MR) is 101 cm³/mol. The fourth-order valence-corrected chi connectivity index (χ4v) is 2.60. The number of aryl methyl sites for hydroxylation is 1. The van der Waals surface area contributed by atoms with Gasteiger partial charge in [0.1, 0.15) is 0 Å². The summed E-state index contributed by atoms with van der Waals surface area (Å²) in [6.07, 6.45) is 4.48. The molecule has 26 heavy (non-hydrogen) atoms. The Hall–Kier alpha value is -2.62. The highest BCUT2D eigenvalue weighted by Crippen LogP contribution is 2.13. The van der Waals surface area contributed by atoms with Gasteiger partial charge in [0.2, 0.25) is 0 Å². The molecule has 0 bridgehead atoms. The van der Waals surface area contributed by atoms with Gasteiger partial charge in [-0.05, 0) is 37.0 Å². The molecule has 0 atom stereocenters. The number of benzene rings is 2. The van der Waals surface area contributed by atoms with Crippen LogP contribution >= 0.6 is 0 Å². The van der Waals surface area contributed by atoms with Crippen molar-refractivity contribution in [1.82, 2.24) is 0 Å². The number of esters is 2. The maximum atomic E-state index is 12.3. The lowest BCUT2D eigenvalue weighted by Gasteiger charge is -2.10. The van der Waals surface area contributed by atoms with Crippen molar-refractivity contribution >= 4 is 11.9 Å². The molecule has 0 saturated carbocycles. The number of ether oxygens (including phenoxy) is 2. The van der Waals surface area contributed by atoms with E-state index in [9.17, 15) is 9.59 Å². The Morgan fingerprint density at radius 2 is 1.27 bits per heavy atom. The second-order valence-corrected chi connectivity index (χ2v) is 6.11. The van der Waals surface area contributed by atoms with E-state index in [-0.39, 0.29) is 11.1 Å². The van der Waals surface area contributed by atoms with Crippen molar-refractivity contribution in [2.75, 3.05) is 13.2 Å². The SMILES string of the molecule is CCCCCOC(=O)c1ccccc1C(=O)OCCCc1ccccc1. The van der Waals surface area contributed by atoms with Crippen LogP contribution in [0.25, 0.3) is 0 Å². The number of unbranched alkanes of at least 4 members (excludes halogenated alkanes) is 2. The van der Waals surface area contributed by atoms with E-state index >= 15 is 0 Å². The second kappa shape index (κ2) is 11.1. The van der Waals surface area contributed by atoms with E-state index in [0.717, 1.165) is 32.1 Å². The maximum absolute atomic E-state index is 12.3. The minimum absolute atomic E-state index is 0.257. The molecule has 0 unspecified atom stereocenters. The van der Waals surface area contributed by atoms with E-state index in [1.165, 1.54) is 5.56 Å². The van der Waals surface area contributed by atoms with Crippen molar-refractivity contribution in [1.29, 1.82) is 0 Å². The number of hydrogen-bond acceptors (Lipinski definition) is 4. The molecular weight excluding hydrogens is 328 g/mol. The van der Waals surface area contributed by atoms with Gasteiger partial charge in [0, 0.05) is 0 Å². The van der Waals surface area contributed by atoms with Crippen LogP contribution in [-0.2, 0) is 15.9 Å². The summed E-state index contributed by atoms with van der Waals surface area (Å²) in [7, 11) is 0. The third kappa shape index (κ3) is 6.36.